The molecule has 0 unspecified atom stereocenters. The van der Waals surface area contributed by atoms with Crippen molar-refractivity contribution in [2.24, 2.45) is 0 Å². The third-order valence-electron chi connectivity index (χ3n) is 2.44. The zero-order valence-corrected chi connectivity index (χ0v) is 12.8. The first-order chi connectivity index (χ1) is 8.54. The molecule has 1 N–H and O–H groups in total. The molecule has 1 heterocycles. The molecule has 0 spiro atoms. The largest absolute Gasteiger partial charge is 0.325 e. The molecular formula is C13H11BrClNOS. The smallest absolute Gasteiger partial charge is 0.229 e. The van der Waals surface area contributed by atoms with E-state index in [9.17, 15) is 4.79 Å². The molecule has 1 amide bonds. The monoisotopic (exact) mass is 343 g/mol. The Morgan fingerprint density at radius 1 is 1.39 bits per heavy atom. The summed E-state index contributed by atoms with van der Waals surface area (Å²) in [7, 11) is 0. The van der Waals surface area contributed by atoms with E-state index >= 15 is 0 Å². The topological polar surface area (TPSA) is 29.1 Å². The van der Waals surface area contributed by atoms with Gasteiger partial charge in [-0.15, -0.1) is 11.3 Å². The Balaban J connectivity index is 2.05. The van der Waals surface area contributed by atoms with Crippen molar-refractivity contribution in [1.82, 2.24) is 0 Å². The lowest BCUT2D eigenvalue weighted by Gasteiger charge is -2.08. The number of rotatable bonds is 3. The molecule has 0 fully saturated rings. The molecule has 1 aromatic carbocycles. The molecule has 2 aromatic rings. The zero-order chi connectivity index (χ0) is 13.1. The number of hydrogen-bond donors (Lipinski definition) is 1. The van der Waals surface area contributed by atoms with Gasteiger partial charge in [0.25, 0.3) is 0 Å². The minimum absolute atomic E-state index is 0.0327. The Morgan fingerprint density at radius 3 is 2.83 bits per heavy atom. The van der Waals surface area contributed by atoms with Gasteiger partial charge in [0.2, 0.25) is 5.91 Å². The van der Waals surface area contributed by atoms with Gasteiger partial charge in [0, 0.05) is 15.6 Å². The predicted molar refractivity (Wildman–Crippen MR) is 80.5 cm³/mol. The summed E-state index contributed by atoms with van der Waals surface area (Å²) in [6.45, 7) is 1.94. The van der Waals surface area contributed by atoms with Crippen molar-refractivity contribution in [3.63, 3.8) is 0 Å². The quantitative estimate of drug-likeness (QED) is 0.862. The van der Waals surface area contributed by atoms with E-state index < -0.39 is 0 Å². The van der Waals surface area contributed by atoms with Gasteiger partial charge in [0.15, 0.2) is 0 Å². The SMILES string of the molecule is Cc1ccc(Cl)cc1NC(=O)Cc1ccc(Br)s1. The van der Waals surface area contributed by atoms with Gasteiger partial charge in [-0.2, -0.15) is 0 Å². The fourth-order valence-electron chi connectivity index (χ4n) is 1.53. The van der Waals surface area contributed by atoms with Crippen molar-refractivity contribution in [2.45, 2.75) is 13.3 Å². The average Bonchev–Trinajstić information content (AvgIpc) is 2.69. The maximum atomic E-state index is 11.9. The van der Waals surface area contributed by atoms with E-state index in [0.717, 1.165) is 19.9 Å². The molecule has 0 atom stereocenters. The number of halogens is 2. The molecule has 0 aliphatic rings. The fraction of sp³-hybridized carbons (Fsp3) is 0.154. The number of carbonyl (C=O) groups is 1. The van der Waals surface area contributed by atoms with Crippen LogP contribution in [0.3, 0.4) is 0 Å². The Bertz CT molecular complexity index is 582. The lowest BCUT2D eigenvalue weighted by molar-refractivity contribution is -0.115. The highest BCUT2D eigenvalue weighted by atomic mass is 79.9. The molecule has 0 saturated carbocycles. The van der Waals surface area contributed by atoms with E-state index in [1.807, 2.05) is 31.2 Å². The van der Waals surface area contributed by atoms with Crippen LogP contribution in [0.5, 0.6) is 0 Å². The van der Waals surface area contributed by atoms with Crippen LogP contribution in [0.2, 0.25) is 5.02 Å². The highest BCUT2D eigenvalue weighted by Crippen LogP contribution is 2.24. The van der Waals surface area contributed by atoms with Crippen LogP contribution >= 0.6 is 38.9 Å². The number of anilines is 1. The lowest BCUT2D eigenvalue weighted by Crippen LogP contribution is -2.14. The van der Waals surface area contributed by atoms with Crippen LogP contribution in [0.1, 0.15) is 10.4 Å². The predicted octanol–water partition coefficient (Wildman–Crippen LogP) is 4.65. The van der Waals surface area contributed by atoms with Crippen LogP contribution in [0.4, 0.5) is 5.69 Å². The molecule has 18 heavy (non-hydrogen) atoms. The number of amides is 1. The van der Waals surface area contributed by atoms with Crippen molar-refractivity contribution < 1.29 is 4.79 Å². The summed E-state index contributed by atoms with van der Waals surface area (Å²) in [5.74, 6) is -0.0327. The summed E-state index contributed by atoms with van der Waals surface area (Å²) in [6, 6.07) is 9.35. The van der Waals surface area contributed by atoms with Crippen LogP contribution in [0.15, 0.2) is 34.1 Å². The molecule has 2 rings (SSSR count). The summed E-state index contributed by atoms with van der Waals surface area (Å²) >= 11 is 10.9. The van der Waals surface area contributed by atoms with Crippen LogP contribution < -0.4 is 5.32 Å². The minimum atomic E-state index is -0.0327. The van der Waals surface area contributed by atoms with Crippen molar-refractivity contribution >= 4 is 50.5 Å². The average molecular weight is 345 g/mol. The molecule has 2 nitrogen and oxygen atoms in total. The molecular weight excluding hydrogens is 334 g/mol. The number of carbonyl (C=O) groups excluding carboxylic acids is 1. The van der Waals surface area contributed by atoms with E-state index in [1.54, 1.807) is 17.4 Å². The standard InChI is InChI=1S/C13H11BrClNOS/c1-8-2-3-9(15)6-11(8)16-13(17)7-10-4-5-12(14)18-10/h2-6H,7H2,1H3,(H,16,17). The lowest BCUT2D eigenvalue weighted by atomic mass is 10.2. The number of hydrogen-bond acceptors (Lipinski definition) is 2. The Labute approximate surface area is 123 Å². The van der Waals surface area contributed by atoms with E-state index in [4.69, 9.17) is 11.6 Å². The highest BCUT2D eigenvalue weighted by molar-refractivity contribution is 9.11. The molecule has 5 heteroatoms. The van der Waals surface area contributed by atoms with Crippen molar-refractivity contribution in [2.75, 3.05) is 5.32 Å². The minimum Gasteiger partial charge on any atom is -0.325 e. The molecule has 0 radical (unpaired) electrons. The first-order valence-corrected chi connectivity index (χ1v) is 7.33. The Hall–Kier alpha value is -0.840. The third kappa shape index (κ3) is 3.57. The van der Waals surface area contributed by atoms with E-state index in [2.05, 4.69) is 21.2 Å². The second kappa shape index (κ2) is 5.87. The van der Waals surface area contributed by atoms with Gasteiger partial charge in [-0.3, -0.25) is 4.79 Å². The summed E-state index contributed by atoms with van der Waals surface area (Å²) in [5, 5.41) is 3.50. The molecule has 0 aliphatic heterocycles. The zero-order valence-electron chi connectivity index (χ0n) is 9.67. The second-order valence-corrected chi connectivity index (χ2v) is 6.87. The van der Waals surface area contributed by atoms with Crippen LogP contribution in [0.25, 0.3) is 0 Å². The maximum absolute atomic E-state index is 11.9. The van der Waals surface area contributed by atoms with Gasteiger partial charge in [-0.25, -0.2) is 0 Å². The van der Waals surface area contributed by atoms with Crippen LogP contribution in [-0.2, 0) is 11.2 Å². The van der Waals surface area contributed by atoms with Gasteiger partial charge in [-0.05, 0) is 52.7 Å². The van der Waals surface area contributed by atoms with E-state index in [1.165, 1.54) is 0 Å². The normalized spacial score (nSPS) is 10.4. The molecule has 1 aromatic heterocycles. The van der Waals surface area contributed by atoms with Crippen molar-refractivity contribution in [3.05, 3.63) is 49.6 Å². The van der Waals surface area contributed by atoms with E-state index in [0.29, 0.717) is 11.4 Å². The van der Waals surface area contributed by atoms with E-state index in [-0.39, 0.29) is 5.91 Å². The van der Waals surface area contributed by atoms with Gasteiger partial charge < -0.3 is 5.32 Å². The van der Waals surface area contributed by atoms with Crippen molar-refractivity contribution in [1.29, 1.82) is 0 Å². The summed E-state index contributed by atoms with van der Waals surface area (Å²) < 4.78 is 1.03. The summed E-state index contributed by atoms with van der Waals surface area (Å²) in [4.78, 5) is 12.9. The third-order valence-corrected chi connectivity index (χ3v) is 4.30. The summed E-state index contributed by atoms with van der Waals surface area (Å²) in [5.41, 5.74) is 1.77. The number of thiophene rings is 1. The van der Waals surface area contributed by atoms with Gasteiger partial charge in [-0.1, -0.05) is 17.7 Å². The number of nitrogens with one attached hydrogen (secondary N) is 1. The number of aryl methyl sites for hydroxylation is 1. The molecule has 0 saturated heterocycles. The molecule has 0 bridgehead atoms. The first-order valence-electron chi connectivity index (χ1n) is 5.35. The number of benzene rings is 1. The fourth-order valence-corrected chi connectivity index (χ4v) is 3.18. The Morgan fingerprint density at radius 2 is 2.17 bits per heavy atom. The molecule has 94 valence electrons. The first kappa shape index (κ1) is 13.6. The highest BCUT2D eigenvalue weighted by Gasteiger charge is 2.08. The Kier molecular flexibility index (Phi) is 4.43. The van der Waals surface area contributed by atoms with Gasteiger partial charge in [0.05, 0.1) is 10.2 Å². The van der Waals surface area contributed by atoms with Gasteiger partial charge in [0.1, 0.15) is 0 Å². The summed E-state index contributed by atoms with van der Waals surface area (Å²) in [6.07, 6.45) is 0.377. The maximum Gasteiger partial charge on any atom is 0.229 e. The van der Waals surface area contributed by atoms with Crippen LogP contribution in [0, 0.1) is 6.92 Å². The van der Waals surface area contributed by atoms with Gasteiger partial charge >= 0.3 is 0 Å². The second-order valence-electron chi connectivity index (χ2n) is 3.89. The van der Waals surface area contributed by atoms with Crippen LogP contribution in [-0.4, -0.2) is 5.91 Å². The van der Waals surface area contributed by atoms with Crippen molar-refractivity contribution in [3.8, 4) is 0 Å². The molecule has 0 aliphatic carbocycles.